The second-order valence-corrected chi connectivity index (χ2v) is 4.63. The van der Waals surface area contributed by atoms with E-state index in [1.54, 1.807) is 6.92 Å². The minimum Gasteiger partial charge on any atom is -0.479 e. The van der Waals surface area contributed by atoms with Gasteiger partial charge in [0.05, 0.1) is 12.2 Å². The molecule has 1 atom stereocenters. The van der Waals surface area contributed by atoms with Crippen LogP contribution < -0.4 is 0 Å². The maximum atomic E-state index is 10.9. The number of aliphatic carboxylic acids is 1. The third-order valence-corrected chi connectivity index (χ3v) is 2.57. The first-order valence-electron chi connectivity index (χ1n) is 5.65. The molecule has 0 saturated carbocycles. The molecule has 0 amide bonds. The Morgan fingerprint density at radius 1 is 1.62 bits per heavy atom. The number of hydrogen-bond acceptors (Lipinski definition) is 4. The zero-order valence-electron chi connectivity index (χ0n) is 10.2. The Bertz CT molecular complexity index is 242. The molecular formula is C11H21NO4. The van der Waals surface area contributed by atoms with Gasteiger partial charge in [0.25, 0.3) is 0 Å². The number of nitrogens with zero attached hydrogens (tertiary/aromatic N) is 1. The first-order chi connectivity index (χ1) is 7.44. The SMILES string of the molecule is CCOC(CN1CCOC(C)(C)C1)C(=O)O. The van der Waals surface area contributed by atoms with Gasteiger partial charge in [0, 0.05) is 26.2 Å². The Kier molecular flexibility index (Phi) is 4.70. The van der Waals surface area contributed by atoms with Crippen molar-refractivity contribution in [1.82, 2.24) is 4.90 Å². The lowest BCUT2D eigenvalue weighted by molar-refractivity contribution is -0.154. The number of hydrogen-bond donors (Lipinski definition) is 1. The van der Waals surface area contributed by atoms with Crippen LogP contribution in [-0.4, -0.2) is 60.5 Å². The van der Waals surface area contributed by atoms with Crippen molar-refractivity contribution in [2.75, 3.05) is 32.8 Å². The van der Waals surface area contributed by atoms with Crippen LogP contribution in [0, 0.1) is 0 Å². The summed E-state index contributed by atoms with van der Waals surface area (Å²) in [5.74, 6) is -0.897. The molecule has 1 heterocycles. The monoisotopic (exact) mass is 231 g/mol. The van der Waals surface area contributed by atoms with Gasteiger partial charge in [-0.05, 0) is 20.8 Å². The summed E-state index contributed by atoms with van der Waals surface area (Å²) in [6, 6.07) is 0. The number of ether oxygens (including phenoxy) is 2. The van der Waals surface area contributed by atoms with Gasteiger partial charge < -0.3 is 14.6 Å². The Labute approximate surface area is 96.3 Å². The molecule has 1 rings (SSSR count). The van der Waals surface area contributed by atoms with Crippen molar-refractivity contribution < 1.29 is 19.4 Å². The lowest BCUT2D eigenvalue weighted by atomic mass is 10.1. The van der Waals surface area contributed by atoms with Gasteiger partial charge in [-0.15, -0.1) is 0 Å². The highest BCUT2D eigenvalue weighted by molar-refractivity contribution is 5.72. The zero-order valence-corrected chi connectivity index (χ0v) is 10.2. The predicted molar refractivity (Wildman–Crippen MR) is 59.5 cm³/mol. The lowest BCUT2D eigenvalue weighted by Gasteiger charge is -2.38. The fourth-order valence-electron chi connectivity index (χ4n) is 1.91. The molecule has 0 bridgehead atoms. The molecule has 0 radical (unpaired) electrons. The van der Waals surface area contributed by atoms with Crippen molar-refractivity contribution in [3.63, 3.8) is 0 Å². The highest BCUT2D eigenvalue weighted by Crippen LogP contribution is 2.16. The Morgan fingerprint density at radius 3 is 2.81 bits per heavy atom. The second kappa shape index (κ2) is 5.61. The topological polar surface area (TPSA) is 59.0 Å². The van der Waals surface area contributed by atoms with Crippen molar-refractivity contribution in [2.45, 2.75) is 32.5 Å². The van der Waals surface area contributed by atoms with E-state index in [2.05, 4.69) is 4.90 Å². The third-order valence-electron chi connectivity index (χ3n) is 2.57. The Morgan fingerprint density at radius 2 is 2.31 bits per heavy atom. The average molecular weight is 231 g/mol. The van der Waals surface area contributed by atoms with Crippen molar-refractivity contribution in [2.24, 2.45) is 0 Å². The number of carbonyl (C=O) groups is 1. The number of carboxylic acid groups (broad SMARTS) is 1. The molecule has 16 heavy (non-hydrogen) atoms. The molecule has 0 aliphatic carbocycles. The molecule has 0 aromatic rings. The third kappa shape index (κ3) is 4.08. The molecule has 1 aliphatic rings. The van der Waals surface area contributed by atoms with Crippen molar-refractivity contribution in [3.8, 4) is 0 Å². The summed E-state index contributed by atoms with van der Waals surface area (Å²) in [7, 11) is 0. The van der Waals surface area contributed by atoms with Gasteiger partial charge in [-0.1, -0.05) is 0 Å². The smallest absolute Gasteiger partial charge is 0.334 e. The standard InChI is InChI=1S/C11H21NO4/c1-4-15-9(10(13)14)7-12-5-6-16-11(2,3)8-12/h9H,4-8H2,1-3H3,(H,13,14). The molecule has 1 unspecified atom stereocenters. The van der Waals surface area contributed by atoms with E-state index in [0.29, 0.717) is 19.8 Å². The number of carboxylic acids is 1. The number of morpholine rings is 1. The van der Waals surface area contributed by atoms with E-state index < -0.39 is 12.1 Å². The van der Waals surface area contributed by atoms with Crippen LogP contribution in [0.4, 0.5) is 0 Å². The van der Waals surface area contributed by atoms with Gasteiger partial charge in [0.15, 0.2) is 6.10 Å². The lowest BCUT2D eigenvalue weighted by Crippen LogP contribution is -2.51. The van der Waals surface area contributed by atoms with Crippen LogP contribution in [0.5, 0.6) is 0 Å². The minimum atomic E-state index is -0.897. The van der Waals surface area contributed by atoms with Crippen LogP contribution in [-0.2, 0) is 14.3 Å². The Hall–Kier alpha value is -0.650. The molecule has 1 N–H and O–H groups in total. The largest absolute Gasteiger partial charge is 0.479 e. The van der Waals surface area contributed by atoms with Gasteiger partial charge in [-0.3, -0.25) is 4.90 Å². The minimum absolute atomic E-state index is 0.201. The normalized spacial score (nSPS) is 22.9. The van der Waals surface area contributed by atoms with E-state index in [-0.39, 0.29) is 5.60 Å². The fourth-order valence-corrected chi connectivity index (χ4v) is 1.91. The van der Waals surface area contributed by atoms with Crippen LogP contribution in [0.1, 0.15) is 20.8 Å². The summed E-state index contributed by atoms with van der Waals surface area (Å²) in [6.45, 7) is 8.82. The van der Waals surface area contributed by atoms with Crippen LogP contribution >= 0.6 is 0 Å². The van der Waals surface area contributed by atoms with E-state index in [0.717, 1.165) is 13.1 Å². The summed E-state index contributed by atoms with van der Waals surface area (Å²) in [6.07, 6.45) is -0.737. The van der Waals surface area contributed by atoms with E-state index in [9.17, 15) is 4.79 Å². The summed E-state index contributed by atoms with van der Waals surface area (Å²) in [5, 5.41) is 8.98. The molecule has 1 aliphatic heterocycles. The molecule has 5 nitrogen and oxygen atoms in total. The van der Waals surface area contributed by atoms with E-state index in [1.807, 2.05) is 13.8 Å². The molecule has 0 aromatic heterocycles. The predicted octanol–water partition coefficient (Wildman–Crippen LogP) is 0.587. The van der Waals surface area contributed by atoms with Crippen molar-refractivity contribution in [3.05, 3.63) is 0 Å². The van der Waals surface area contributed by atoms with E-state index in [1.165, 1.54) is 0 Å². The average Bonchev–Trinajstić information content (AvgIpc) is 2.15. The van der Waals surface area contributed by atoms with Crippen LogP contribution in [0.3, 0.4) is 0 Å². The van der Waals surface area contributed by atoms with Crippen LogP contribution in [0.25, 0.3) is 0 Å². The summed E-state index contributed by atoms with van der Waals surface area (Å²) in [5.41, 5.74) is -0.201. The first kappa shape index (κ1) is 13.4. The van der Waals surface area contributed by atoms with Gasteiger partial charge in [0.2, 0.25) is 0 Å². The van der Waals surface area contributed by atoms with Gasteiger partial charge in [-0.2, -0.15) is 0 Å². The van der Waals surface area contributed by atoms with Crippen molar-refractivity contribution in [1.29, 1.82) is 0 Å². The fraction of sp³-hybridized carbons (Fsp3) is 0.909. The quantitative estimate of drug-likeness (QED) is 0.750. The maximum Gasteiger partial charge on any atom is 0.334 e. The summed E-state index contributed by atoms with van der Waals surface area (Å²) in [4.78, 5) is 13.0. The van der Waals surface area contributed by atoms with Gasteiger partial charge >= 0.3 is 5.97 Å². The van der Waals surface area contributed by atoms with E-state index in [4.69, 9.17) is 14.6 Å². The van der Waals surface area contributed by atoms with Crippen molar-refractivity contribution >= 4 is 5.97 Å². The molecule has 1 saturated heterocycles. The highest BCUT2D eigenvalue weighted by Gasteiger charge is 2.30. The van der Waals surface area contributed by atoms with Crippen LogP contribution in [0.15, 0.2) is 0 Å². The van der Waals surface area contributed by atoms with Gasteiger partial charge in [-0.25, -0.2) is 4.79 Å². The molecule has 0 aromatic carbocycles. The van der Waals surface area contributed by atoms with E-state index >= 15 is 0 Å². The molecule has 1 fully saturated rings. The maximum absolute atomic E-state index is 10.9. The number of rotatable bonds is 5. The zero-order chi connectivity index (χ0) is 12.2. The second-order valence-electron chi connectivity index (χ2n) is 4.63. The first-order valence-corrected chi connectivity index (χ1v) is 5.65. The summed E-state index contributed by atoms with van der Waals surface area (Å²) < 4.78 is 10.8. The van der Waals surface area contributed by atoms with Gasteiger partial charge in [0.1, 0.15) is 0 Å². The van der Waals surface area contributed by atoms with Crippen LogP contribution in [0.2, 0.25) is 0 Å². The molecular weight excluding hydrogens is 210 g/mol. The molecule has 5 heteroatoms. The molecule has 0 spiro atoms. The Balaban J connectivity index is 2.48. The molecule has 94 valence electrons. The summed E-state index contributed by atoms with van der Waals surface area (Å²) >= 11 is 0. The highest BCUT2D eigenvalue weighted by atomic mass is 16.5.